The van der Waals surface area contributed by atoms with Crippen LogP contribution in [0.5, 0.6) is 5.75 Å². The van der Waals surface area contributed by atoms with Gasteiger partial charge in [-0.15, -0.1) is 0 Å². The molecule has 0 aliphatic carbocycles. The molecule has 0 unspecified atom stereocenters. The van der Waals surface area contributed by atoms with Crippen LogP contribution in [-0.4, -0.2) is 34.1 Å². The summed E-state index contributed by atoms with van der Waals surface area (Å²) >= 11 is 5.92. The molecule has 0 aliphatic rings. The fourth-order valence-electron chi connectivity index (χ4n) is 1.83. The number of sulfonamides is 1. The van der Waals surface area contributed by atoms with E-state index in [0.29, 0.717) is 16.5 Å². The highest BCUT2D eigenvalue weighted by molar-refractivity contribution is 7.90. The first kappa shape index (κ1) is 19.5. The van der Waals surface area contributed by atoms with E-state index in [1.165, 1.54) is 24.3 Å². The third kappa shape index (κ3) is 5.36. The zero-order chi connectivity index (χ0) is 19.2. The Morgan fingerprint density at radius 1 is 1.08 bits per heavy atom. The maximum absolute atomic E-state index is 11.9. The number of nitrogens with one attached hydrogen (secondary N) is 2. The molecule has 0 fully saturated rings. The molecule has 0 radical (unpaired) electrons. The van der Waals surface area contributed by atoms with E-state index >= 15 is 0 Å². The molecule has 2 rings (SSSR count). The Balaban J connectivity index is 1.95. The van der Waals surface area contributed by atoms with Crippen LogP contribution in [0.4, 0.5) is 10.5 Å². The first-order valence-corrected chi connectivity index (χ1v) is 9.06. The third-order valence-electron chi connectivity index (χ3n) is 3.05. The zero-order valence-corrected chi connectivity index (χ0v) is 15.1. The highest BCUT2D eigenvalue weighted by Gasteiger charge is 2.17. The Morgan fingerprint density at radius 2 is 1.73 bits per heavy atom. The number of methoxy groups -OCH3 is 1. The minimum Gasteiger partial charge on any atom is -0.482 e. The van der Waals surface area contributed by atoms with Gasteiger partial charge < -0.3 is 14.8 Å². The molecule has 2 aromatic rings. The topological polar surface area (TPSA) is 111 Å². The predicted molar refractivity (Wildman–Crippen MR) is 94.7 cm³/mol. The molecule has 8 nitrogen and oxygen atoms in total. The van der Waals surface area contributed by atoms with Crippen molar-refractivity contribution in [1.29, 1.82) is 0 Å². The number of amides is 2. The molecular formula is C16H15ClN2O6S. The van der Waals surface area contributed by atoms with Gasteiger partial charge >= 0.3 is 6.09 Å². The molecule has 138 valence electrons. The summed E-state index contributed by atoms with van der Waals surface area (Å²) in [4.78, 5) is 22.8. The number of rotatable bonds is 6. The summed E-state index contributed by atoms with van der Waals surface area (Å²) < 4.78 is 35.1. The van der Waals surface area contributed by atoms with Crippen LogP contribution >= 0.6 is 11.6 Å². The van der Waals surface area contributed by atoms with Crippen LogP contribution in [0.3, 0.4) is 0 Å². The molecule has 10 heteroatoms. The average molecular weight is 399 g/mol. The van der Waals surface area contributed by atoms with Crippen LogP contribution in [0.15, 0.2) is 53.4 Å². The molecule has 26 heavy (non-hydrogen) atoms. The van der Waals surface area contributed by atoms with Crippen molar-refractivity contribution in [3.8, 4) is 5.75 Å². The van der Waals surface area contributed by atoms with Crippen molar-refractivity contribution in [3.63, 3.8) is 0 Å². The van der Waals surface area contributed by atoms with E-state index in [9.17, 15) is 18.0 Å². The van der Waals surface area contributed by atoms with Crippen molar-refractivity contribution in [2.45, 2.75) is 4.90 Å². The van der Waals surface area contributed by atoms with Gasteiger partial charge in [-0.3, -0.25) is 4.79 Å². The zero-order valence-electron chi connectivity index (χ0n) is 13.6. The number of hydrogen-bond acceptors (Lipinski definition) is 6. The maximum Gasteiger partial charge on any atom is 0.420 e. The van der Waals surface area contributed by atoms with Crippen LogP contribution in [0, 0.1) is 0 Å². The lowest BCUT2D eigenvalue weighted by Gasteiger charge is -2.09. The Labute approximate surface area is 155 Å². The number of ether oxygens (including phenoxy) is 2. The van der Waals surface area contributed by atoms with Gasteiger partial charge in [0, 0.05) is 5.69 Å². The second-order valence-electron chi connectivity index (χ2n) is 4.89. The molecule has 0 atom stereocenters. The lowest BCUT2D eigenvalue weighted by atomic mass is 10.3. The summed E-state index contributed by atoms with van der Waals surface area (Å²) in [5.74, 6) is -0.0761. The summed E-state index contributed by atoms with van der Waals surface area (Å²) in [5, 5.41) is 2.93. The van der Waals surface area contributed by atoms with E-state index in [4.69, 9.17) is 16.3 Å². The Bertz CT molecular complexity index is 899. The third-order valence-corrected chi connectivity index (χ3v) is 4.69. The number of carbonyl (C=O) groups excluding carboxylic acids is 2. The molecule has 2 amide bonds. The van der Waals surface area contributed by atoms with E-state index in [-0.39, 0.29) is 11.5 Å². The summed E-state index contributed by atoms with van der Waals surface area (Å²) in [6.07, 6.45) is -1.10. The highest BCUT2D eigenvalue weighted by atomic mass is 35.5. The minimum absolute atomic E-state index is 0.159. The normalized spacial score (nSPS) is 10.7. The number of carbonyl (C=O) groups is 2. The first-order chi connectivity index (χ1) is 12.3. The van der Waals surface area contributed by atoms with E-state index in [2.05, 4.69) is 10.1 Å². The number of para-hydroxylation sites is 1. The van der Waals surface area contributed by atoms with Crippen LogP contribution in [0.1, 0.15) is 0 Å². The van der Waals surface area contributed by atoms with E-state index in [1.807, 2.05) is 0 Å². The molecule has 0 aromatic heterocycles. The van der Waals surface area contributed by atoms with Gasteiger partial charge in [0.2, 0.25) is 0 Å². The Kier molecular flexibility index (Phi) is 6.42. The van der Waals surface area contributed by atoms with Gasteiger partial charge in [0.15, 0.2) is 6.61 Å². The molecule has 0 heterocycles. The summed E-state index contributed by atoms with van der Waals surface area (Å²) in [6, 6.07) is 11.9. The summed E-state index contributed by atoms with van der Waals surface area (Å²) in [7, 11) is -2.99. The van der Waals surface area contributed by atoms with Gasteiger partial charge in [-0.05, 0) is 36.4 Å². The maximum atomic E-state index is 11.9. The number of halogens is 1. The minimum atomic E-state index is -4.04. The molecule has 0 spiro atoms. The van der Waals surface area contributed by atoms with Crippen LogP contribution in [-0.2, 0) is 19.6 Å². The standard InChI is InChI=1S/C16H15ClN2O6S/c1-24-16(21)19-26(22,23)12-8-6-11(7-9-12)18-15(20)10-25-14-5-3-2-4-13(14)17/h2-9H,10H2,1H3,(H,18,20)(H,19,21). The smallest absolute Gasteiger partial charge is 0.420 e. The van der Waals surface area contributed by atoms with E-state index < -0.39 is 22.0 Å². The highest BCUT2D eigenvalue weighted by Crippen LogP contribution is 2.23. The lowest BCUT2D eigenvalue weighted by Crippen LogP contribution is -2.30. The summed E-state index contributed by atoms with van der Waals surface area (Å²) in [5.41, 5.74) is 0.356. The van der Waals surface area contributed by atoms with Crippen molar-refractivity contribution in [3.05, 3.63) is 53.6 Å². The molecule has 0 bridgehead atoms. The van der Waals surface area contributed by atoms with Crippen LogP contribution in [0.25, 0.3) is 0 Å². The SMILES string of the molecule is COC(=O)NS(=O)(=O)c1ccc(NC(=O)COc2ccccc2Cl)cc1. The van der Waals surface area contributed by atoms with Gasteiger partial charge in [-0.1, -0.05) is 23.7 Å². The fourth-order valence-corrected chi connectivity index (χ4v) is 2.94. The molecule has 0 saturated carbocycles. The van der Waals surface area contributed by atoms with Gasteiger partial charge in [0.1, 0.15) is 5.75 Å². The van der Waals surface area contributed by atoms with Gasteiger partial charge in [0.25, 0.3) is 15.9 Å². The lowest BCUT2D eigenvalue weighted by molar-refractivity contribution is -0.118. The predicted octanol–water partition coefficient (Wildman–Crippen LogP) is 2.40. The largest absolute Gasteiger partial charge is 0.482 e. The Morgan fingerprint density at radius 3 is 2.35 bits per heavy atom. The molecule has 2 aromatic carbocycles. The van der Waals surface area contributed by atoms with Gasteiger partial charge in [-0.25, -0.2) is 17.9 Å². The van der Waals surface area contributed by atoms with E-state index in [0.717, 1.165) is 7.11 Å². The second-order valence-corrected chi connectivity index (χ2v) is 6.98. The Hall–Kier alpha value is -2.78. The molecular weight excluding hydrogens is 384 g/mol. The fraction of sp³-hybridized carbons (Fsp3) is 0.125. The first-order valence-electron chi connectivity index (χ1n) is 7.20. The number of hydrogen-bond donors (Lipinski definition) is 2. The van der Waals surface area contributed by atoms with Gasteiger partial charge in [0.05, 0.1) is 17.0 Å². The quantitative estimate of drug-likeness (QED) is 0.773. The van der Waals surface area contributed by atoms with Crippen molar-refractivity contribution < 1.29 is 27.5 Å². The molecule has 0 aliphatic heterocycles. The number of anilines is 1. The van der Waals surface area contributed by atoms with Crippen molar-refractivity contribution in [2.24, 2.45) is 0 Å². The van der Waals surface area contributed by atoms with Crippen molar-refractivity contribution in [2.75, 3.05) is 19.0 Å². The van der Waals surface area contributed by atoms with Crippen molar-refractivity contribution in [1.82, 2.24) is 4.72 Å². The number of benzene rings is 2. The monoisotopic (exact) mass is 398 g/mol. The molecule has 0 saturated heterocycles. The van der Waals surface area contributed by atoms with Crippen LogP contribution < -0.4 is 14.8 Å². The van der Waals surface area contributed by atoms with Crippen molar-refractivity contribution >= 4 is 39.3 Å². The summed E-state index contributed by atoms with van der Waals surface area (Å²) in [6.45, 7) is -0.270. The average Bonchev–Trinajstić information content (AvgIpc) is 2.61. The van der Waals surface area contributed by atoms with Crippen LogP contribution in [0.2, 0.25) is 5.02 Å². The molecule has 2 N–H and O–H groups in total. The van der Waals surface area contributed by atoms with E-state index in [1.54, 1.807) is 29.0 Å². The van der Waals surface area contributed by atoms with Gasteiger partial charge in [-0.2, -0.15) is 0 Å². The second kappa shape index (κ2) is 8.54.